The van der Waals surface area contributed by atoms with Crippen molar-refractivity contribution < 1.29 is 32.1 Å². The molecular weight excluding hydrogens is 496 g/mol. The Morgan fingerprint density at radius 1 is 0.632 bits per heavy atom. The molecule has 0 saturated heterocycles. The van der Waals surface area contributed by atoms with Crippen LogP contribution in [-0.4, -0.2) is 11.7 Å². The Kier molecular flexibility index (Phi) is 8.69. The van der Waals surface area contributed by atoms with E-state index in [0.717, 1.165) is 12.0 Å². The number of benzene rings is 4. The van der Waals surface area contributed by atoms with Crippen LogP contribution in [0.1, 0.15) is 43.9 Å². The van der Waals surface area contributed by atoms with Crippen LogP contribution in [0.25, 0.3) is 22.3 Å². The number of rotatable bonds is 10. The molecule has 1 N–H and O–H groups in total. The molecular formula is C31H28F4O3. The zero-order valence-electron chi connectivity index (χ0n) is 21.1. The van der Waals surface area contributed by atoms with E-state index in [4.69, 9.17) is 9.47 Å². The monoisotopic (exact) mass is 524 g/mol. The van der Waals surface area contributed by atoms with Crippen molar-refractivity contribution in [2.24, 2.45) is 0 Å². The normalized spacial score (nSPS) is 11.9. The average molecular weight is 525 g/mol. The minimum atomic E-state index is -1.11. The molecule has 38 heavy (non-hydrogen) atoms. The highest BCUT2D eigenvalue weighted by molar-refractivity contribution is 5.66. The van der Waals surface area contributed by atoms with Gasteiger partial charge in [0.15, 0.2) is 23.1 Å². The van der Waals surface area contributed by atoms with Gasteiger partial charge in [-0.05, 0) is 59.9 Å². The molecule has 0 spiro atoms. The molecule has 0 aromatic heterocycles. The molecule has 0 fully saturated rings. The number of aliphatic hydroxyl groups excluding tert-OH is 1. The lowest BCUT2D eigenvalue weighted by Crippen LogP contribution is -2.01. The molecule has 4 aromatic carbocycles. The van der Waals surface area contributed by atoms with E-state index < -0.39 is 29.4 Å². The molecule has 1 unspecified atom stereocenters. The molecule has 0 saturated carbocycles. The molecule has 0 radical (unpaired) electrons. The third kappa shape index (κ3) is 5.83. The molecule has 198 valence electrons. The van der Waals surface area contributed by atoms with Crippen molar-refractivity contribution >= 4 is 0 Å². The molecule has 3 nitrogen and oxygen atoms in total. The number of hydrogen-bond donors (Lipinski definition) is 1. The van der Waals surface area contributed by atoms with E-state index in [9.17, 15) is 22.7 Å². The van der Waals surface area contributed by atoms with Gasteiger partial charge in [-0.15, -0.1) is 0 Å². The van der Waals surface area contributed by atoms with Gasteiger partial charge in [0.1, 0.15) is 6.61 Å². The SMILES string of the molecule is CCCC(O)c1ccc(-c2ccc(OCc3ccc(-c4ccc(OCC)c(F)c4F)cc3)c(F)c2F)cc1. The van der Waals surface area contributed by atoms with Crippen LogP contribution in [0.15, 0.2) is 72.8 Å². The number of ether oxygens (including phenoxy) is 2. The van der Waals surface area contributed by atoms with E-state index in [1.165, 1.54) is 24.3 Å². The lowest BCUT2D eigenvalue weighted by Gasteiger charge is -2.13. The highest BCUT2D eigenvalue weighted by Gasteiger charge is 2.18. The first kappa shape index (κ1) is 27.2. The molecule has 4 rings (SSSR count). The predicted octanol–water partition coefficient (Wildman–Crippen LogP) is 8.39. The van der Waals surface area contributed by atoms with Crippen molar-refractivity contribution in [2.75, 3.05) is 6.61 Å². The second kappa shape index (κ2) is 12.1. The van der Waals surface area contributed by atoms with Crippen LogP contribution in [0.5, 0.6) is 11.5 Å². The highest BCUT2D eigenvalue weighted by atomic mass is 19.2. The van der Waals surface area contributed by atoms with Crippen molar-refractivity contribution in [1.82, 2.24) is 0 Å². The molecule has 1 atom stereocenters. The Hall–Kier alpha value is -3.84. The molecule has 7 heteroatoms. The third-order valence-corrected chi connectivity index (χ3v) is 6.22. The number of halogens is 4. The van der Waals surface area contributed by atoms with E-state index in [0.29, 0.717) is 23.1 Å². The average Bonchev–Trinajstić information content (AvgIpc) is 2.93. The van der Waals surface area contributed by atoms with Gasteiger partial charge in [-0.3, -0.25) is 0 Å². The van der Waals surface area contributed by atoms with Crippen molar-refractivity contribution in [3.8, 4) is 33.8 Å². The van der Waals surface area contributed by atoms with Crippen molar-refractivity contribution in [3.05, 3.63) is 107 Å². The first-order valence-corrected chi connectivity index (χ1v) is 12.4. The zero-order valence-corrected chi connectivity index (χ0v) is 21.1. The Morgan fingerprint density at radius 2 is 1.13 bits per heavy atom. The van der Waals surface area contributed by atoms with Gasteiger partial charge < -0.3 is 14.6 Å². The fourth-order valence-electron chi connectivity index (χ4n) is 4.15. The lowest BCUT2D eigenvalue weighted by atomic mass is 9.99. The Morgan fingerprint density at radius 3 is 1.63 bits per heavy atom. The molecule has 0 bridgehead atoms. The first-order chi connectivity index (χ1) is 18.3. The summed E-state index contributed by atoms with van der Waals surface area (Å²) in [7, 11) is 0. The summed E-state index contributed by atoms with van der Waals surface area (Å²) in [5.74, 6) is -4.60. The van der Waals surface area contributed by atoms with Gasteiger partial charge in [0.05, 0.1) is 12.7 Å². The van der Waals surface area contributed by atoms with Crippen LogP contribution in [0.4, 0.5) is 17.6 Å². The molecule has 0 heterocycles. The maximum Gasteiger partial charge on any atom is 0.201 e. The van der Waals surface area contributed by atoms with E-state index in [-0.39, 0.29) is 35.8 Å². The second-order valence-electron chi connectivity index (χ2n) is 8.82. The van der Waals surface area contributed by atoms with Crippen LogP contribution in [0.3, 0.4) is 0 Å². The zero-order chi connectivity index (χ0) is 27.2. The predicted molar refractivity (Wildman–Crippen MR) is 139 cm³/mol. The van der Waals surface area contributed by atoms with E-state index in [2.05, 4.69) is 0 Å². The molecule has 0 aliphatic heterocycles. The van der Waals surface area contributed by atoms with Crippen LogP contribution < -0.4 is 9.47 Å². The first-order valence-electron chi connectivity index (χ1n) is 12.4. The smallest absolute Gasteiger partial charge is 0.201 e. The van der Waals surface area contributed by atoms with Gasteiger partial charge in [0.2, 0.25) is 11.6 Å². The Labute approximate surface area is 219 Å². The summed E-state index contributed by atoms with van der Waals surface area (Å²) in [4.78, 5) is 0. The molecule has 0 amide bonds. The van der Waals surface area contributed by atoms with E-state index >= 15 is 0 Å². The van der Waals surface area contributed by atoms with Crippen LogP contribution in [-0.2, 0) is 6.61 Å². The Balaban J connectivity index is 1.45. The fourth-order valence-corrected chi connectivity index (χ4v) is 4.15. The van der Waals surface area contributed by atoms with E-state index in [1.807, 2.05) is 6.92 Å². The summed E-state index contributed by atoms with van der Waals surface area (Å²) >= 11 is 0. The summed E-state index contributed by atoms with van der Waals surface area (Å²) in [5, 5.41) is 10.1. The van der Waals surface area contributed by atoms with Gasteiger partial charge >= 0.3 is 0 Å². The van der Waals surface area contributed by atoms with Crippen LogP contribution in [0, 0.1) is 23.3 Å². The quantitative estimate of drug-likeness (QED) is 0.212. The van der Waals surface area contributed by atoms with Crippen LogP contribution >= 0.6 is 0 Å². The van der Waals surface area contributed by atoms with Gasteiger partial charge in [-0.2, -0.15) is 8.78 Å². The van der Waals surface area contributed by atoms with Crippen molar-refractivity contribution in [1.29, 1.82) is 0 Å². The molecule has 0 aliphatic rings. The minimum absolute atomic E-state index is 0.0554. The largest absolute Gasteiger partial charge is 0.491 e. The van der Waals surface area contributed by atoms with Gasteiger partial charge in [-0.1, -0.05) is 61.9 Å². The standard InChI is InChI=1S/C31H28F4O3/c1-3-5-25(36)22-12-10-21(11-13-22)24-15-17-27(31(35)29(24)33)38-18-19-6-8-20(9-7-19)23-14-16-26(37-4-2)30(34)28(23)32/h6-17,25,36H,3-5,18H2,1-2H3. The van der Waals surface area contributed by atoms with Gasteiger partial charge in [0, 0.05) is 11.1 Å². The Bertz CT molecular complexity index is 1390. The molecule has 0 aliphatic carbocycles. The summed E-state index contributed by atoms with van der Waals surface area (Å²) in [5.41, 5.74) is 2.44. The summed E-state index contributed by atoms with van der Waals surface area (Å²) in [6.45, 7) is 3.82. The van der Waals surface area contributed by atoms with Gasteiger partial charge in [-0.25, -0.2) is 8.78 Å². The molecule has 4 aromatic rings. The summed E-state index contributed by atoms with van der Waals surface area (Å²) in [6, 6.07) is 18.8. The van der Waals surface area contributed by atoms with Crippen molar-refractivity contribution in [2.45, 2.75) is 39.4 Å². The summed E-state index contributed by atoms with van der Waals surface area (Å²) in [6.07, 6.45) is 0.852. The number of aliphatic hydroxyl groups is 1. The topological polar surface area (TPSA) is 38.7 Å². The third-order valence-electron chi connectivity index (χ3n) is 6.22. The van der Waals surface area contributed by atoms with Crippen LogP contribution in [0.2, 0.25) is 0 Å². The van der Waals surface area contributed by atoms with Crippen molar-refractivity contribution in [3.63, 3.8) is 0 Å². The second-order valence-corrected chi connectivity index (χ2v) is 8.82. The highest BCUT2D eigenvalue weighted by Crippen LogP contribution is 2.33. The maximum atomic E-state index is 14.9. The van der Waals surface area contributed by atoms with Gasteiger partial charge in [0.25, 0.3) is 0 Å². The maximum absolute atomic E-state index is 14.9. The fraction of sp³-hybridized carbons (Fsp3) is 0.226. The van der Waals surface area contributed by atoms with E-state index in [1.54, 1.807) is 55.5 Å². The number of hydrogen-bond acceptors (Lipinski definition) is 3. The minimum Gasteiger partial charge on any atom is -0.491 e. The lowest BCUT2D eigenvalue weighted by molar-refractivity contribution is 0.166. The summed E-state index contributed by atoms with van der Waals surface area (Å²) < 4.78 is 68.9.